The molecule has 1 aliphatic carbocycles. The SMILES string of the molecule is C[C@@H]1CN(C(=O)C(CC(=O)O)NC(=O)OCC2c3ccccc3-c3ccccc32)C[C@H](C)O1. The lowest BCUT2D eigenvalue weighted by atomic mass is 9.98. The van der Waals surface area contributed by atoms with Gasteiger partial charge in [-0.05, 0) is 36.1 Å². The molecule has 8 heteroatoms. The molecule has 0 aromatic heterocycles. The van der Waals surface area contributed by atoms with Gasteiger partial charge >= 0.3 is 12.1 Å². The second kappa shape index (κ2) is 9.62. The zero-order valence-corrected chi connectivity index (χ0v) is 18.7. The molecule has 1 saturated heterocycles. The van der Waals surface area contributed by atoms with Crippen molar-refractivity contribution in [3.63, 3.8) is 0 Å². The number of hydrogen-bond donors (Lipinski definition) is 2. The highest BCUT2D eigenvalue weighted by atomic mass is 16.5. The summed E-state index contributed by atoms with van der Waals surface area (Å²) >= 11 is 0. The number of amides is 2. The molecule has 0 saturated carbocycles. The number of carbonyl (C=O) groups is 3. The van der Waals surface area contributed by atoms with Crippen LogP contribution in [0.25, 0.3) is 11.1 Å². The number of morpholine rings is 1. The van der Waals surface area contributed by atoms with Crippen LogP contribution >= 0.6 is 0 Å². The van der Waals surface area contributed by atoms with Crippen LogP contribution in [0, 0.1) is 0 Å². The molecule has 174 valence electrons. The van der Waals surface area contributed by atoms with Gasteiger partial charge in [-0.3, -0.25) is 9.59 Å². The van der Waals surface area contributed by atoms with Gasteiger partial charge in [-0.2, -0.15) is 0 Å². The van der Waals surface area contributed by atoms with Crippen molar-refractivity contribution in [1.29, 1.82) is 0 Å². The van der Waals surface area contributed by atoms with Crippen molar-refractivity contribution in [3.8, 4) is 11.1 Å². The van der Waals surface area contributed by atoms with E-state index in [1.165, 1.54) is 4.90 Å². The maximum absolute atomic E-state index is 13.0. The quantitative estimate of drug-likeness (QED) is 0.698. The van der Waals surface area contributed by atoms with E-state index in [1.54, 1.807) is 0 Å². The summed E-state index contributed by atoms with van der Waals surface area (Å²) in [5.41, 5.74) is 4.36. The molecule has 1 aliphatic heterocycles. The van der Waals surface area contributed by atoms with E-state index in [9.17, 15) is 19.5 Å². The van der Waals surface area contributed by atoms with E-state index < -0.39 is 30.4 Å². The van der Waals surface area contributed by atoms with Crippen molar-refractivity contribution in [2.24, 2.45) is 0 Å². The summed E-state index contributed by atoms with van der Waals surface area (Å²) < 4.78 is 11.1. The Morgan fingerprint density at radius 3 is 2.12 bits per heavy atom. The molecule has 33 heavy (non-hydrogen) atoms. The molecule has 2 aromatic rings. The number of alkyl carbamates (subject to hydrolysis) is 1. The number of carboxylic acid groups (broad SMARTS) is 1. The molecule has 2 N–H and O–H groups in total. The third-order valence-electron chi connectivity index (χ3n) is 6.04. The van der Waals surface area contributed by atoms with Crippen LogP contribution in [0.3, 0.4) is 0 Å². The molecule has 2 aromatic carbocycles. The summed E-state index contributed by atoms with van der Waals surface area (Å²) in [7, 11) is 0. The molecule has 4 rings (SSSR count). The van der Waals surface area contributed by atoms with Gasteiger partial charge in [-0.25, -0.2) is 4.79 Å². The highest BCUT2D eigenvalue weighted by Gasteiger charge is 2.34. The van der Waals surface area contributed by atoms with Crippen LogP contribution in [0.5, 0.6) is 0 Å². The average Bonchev–Trinajstić information content (AvgIpc) is 3.09. The minimum atomic E-state index is -1.21. The summed E-state index contributed by atoms with van der Waals surface area (Å²) in [6.07, 6.45) is -1.68. The van der Waals surface area contributed by atoms with E-state index in [0.29, 0.717) is 13.1 Å². The largest absolute Gasteiger partial charge is 0.481 e. The summed E-state index contributed by atoms with van der Waals surface area (Å²) in [5.74, 6) is -1.76. The van der Waals surface area contributed by atoms with E-state index in [2.05, 4.69) is 5.32 Å². The summed E-state index contributed by atoms with van der Waals surface area (Å²) in [4.78, 5) is 38.5. The summed E-state index contributed by atoms with van der Waals surface area (Å²) in [6.45, 7) is 4.46. The minimum absolute atomic E-state index is 0.0828. The minimum Gasteiger partial charge on any atom is -0.481 e. The van der Waals surface area contributed by atoms with Gasteiger partial charge < -0.3 is 24.8 Å². The predicted molar refractivity (Wildman–Crippen MR) is 121 cm³/mol. The lowest BCUT2D eigenvalue weighted by Gasteiger charge is -2.37. The van der Waals surface area contributed by atoms with Gasteiger partial charge in [0.1, 0.15) is 12.6 Å². The Kier molecular flexibility index (Phi) is 6.65. The fraction of sp³-hybridized carbons (Fsp3) is 0.400. The number of rotatable bonds is 6. The zero-order chi connectivity index (χ0) is 23.5. The fourth-order valence-corrected chi connectivity index (χ4v) is 4.74. The maximum Gasteiger partial charge on any atom is 0.407 e. The third kappa shape index (κ3) is 5.01. The van der Waals surface area contributed by atoms with E-state index in [-0.39, 0.29) is 24.7 Å². The van der Waals surface area contributed by atoms with Gasteiger partial charge in [-0.15, -0.1) is 0 Å². The summed E-state index contributed by atoms with van der Waals surface area (Å²) in [6, 6.07) is 14.7. The van der Waals surface area contributed by atoms with Gasteiger partial charge in [0.25, 0.3) is 0 Å². The summed E-state index contributed by atoms with van der Waals surface area (Å²) in [5, 5.41) is 11.8. The lowest BCUT2D eigenvalue weighted by molar-refractivity contribution is -0.149. The average molecular weight is 453 g/mol. The van der Waals surface area contributed by atoms with E-state index in [1.807, 2.05) is 62.4 Å². The van der Waals surface area contributed by atoms with Crippen LogP contribution in [0.1, 0.15) is 37.3 Å². The van der Waals surface area contributed by atoms with Crippen LogP contribution in [0.2, 0.25) is 0 Å². The zero-order valence-electron chi connectivity index (χ0n) is 18.7. The molecule has 8 nitrogen and oxygen atoms in total. The standard InChI is InChI=1S/C25H28N2O6/c1-15-12-27(13-16(2)33-15)24(30)22(11-23(28)29)26-25(31)32-14-21-19-9-5-3-7-17(19)18-8-4-6-10-20(18)21/h3-10,15-16,21-22H,11-14H2,1-2H3,(H,26,31)(H,28,29)/t15-,16+,22?. The molecule has 2 amide bonds. The normalized spacial score (nSPS) is 20.5. The van der Waals surface area contributed by atoms with Crippen LogP contribution in [-0.4, -0.2) is 65.9 Å². The molecule has 3 atom stereocenters. The Morgan fingerprint density at radius 2 is 1.58 bits per heavy atom. The van der Waals surface area contributed by atoms with Crippen molar-refractivity contribution in [2.75, 3.05) is 19.7 Å². The Morgan fingerprint density at radius 1 is 1.03 bits per heavy atom. The molecular formula is C25H28N2O6. The first kappa shape index (κ1) is 22.8. The smallest absolute Gasteiger partial charge is 0.407 e. The molecule has 1 fully saturated rings. The molecule has 0 radical (unpaired) electrons. The highest BCUT2D eigenvalue weighted by Crippen LogP contribution is 2.44. The molecule has 1 heterocycles. The van der Waals surface area contributed by atoms with Crippen LogP contribution in [0.4, 0.5) is 4.79 Å². The van der Waals surface area contributed by atoms with E-state index in [0.717, 1.165) is 22.3 Å². The number of benzene rings is 2. The Labute approximate surface area is 192 Å². The number of fused-ring (bicyclic) bond motifs is 3. The topological polar surface area (TPSA) is 105 Å². The fourth-order valence-electron chi connectivity index (χ4n) is 4.74. The van der Waals surface area contributed by atoms with E-state index in [4.69, 9.17) is 9.47 Å². The molecule has 2 aliphatic rings. The van der Waals surface area contributed by atoms with Gasteiger partial charge in [0, 0.05) is 19.0 Å². The van der Waals surface area contributed by atoms with Gasteiger partial charge in [-0.1, -0.05) is 48.5 Å². The first-order valence-corrected chi connectivity index (χ1v) is 11.1. The van der Waals surface area contributed by atoms with Crippen molar-refractivity contribution >= 4 is 18.0 Å². The predicted octanol–water partition coefficient (Wildman–Crippen LogP) is 3.00. The molecule has 0 bridgehead atoms. The number of ether oxygens (including phenoxy) is 2. The van der Waals surface area contributed by atoms with Crippen molar-refractivity contribution in [1.82, 2.24) is 10.2 Å². The number of nitrogens with one attached hydrogen (secondary N) is 1. The number of aliphatic carboxylic acids is 1. The Balaban J connectivity index is 1.43. The lowest BCUT2D eigenvalue weighted by Crippen LogP contribution is -2.55. The number of carbonyl (C=O) groups excluding carboxylic acids is 2. The van der Waals surface area contributed by atoms with Crippen molar-refractivity contribution in [2.45, 2.75) is 44.4 Å². The van der Waals surface area contributed by atoms with Gasteiger partial charge in [0.15, 0.2) is 0 Å². The van der Waals surface area contributed by atoms with Gasteiger partial charge in [0.05, 0.1) is 18.6 Å². The van der Waals surface area contributed by atoms with Crippen molar-refractivity contribution < 1.29 is 29.0 Å². The number of carboxylic acids is 1. The monoisotopic (exact) mass is 452 g/mol. The third-order valence-corrected chi connectivity index (χ3v) is 6.04. The first-order valence-electron chi connectivity index (χ1n) is 11.1. The second-order valence-corrected chi connectivity index (χ2v) is 8.62. The van der Waals surface area contributed by atoms with Crippen LogP contribution < -0.4 is 5.32 Å². The molecule has 0 spiro atoms. The van der Waals surface area contributed by atoms with Crippen LogP contribution in [0.15, 0.2) is 48.5 Å². The molecule has 1 unspecified atom stereocenters. The first-order chi connectivity index (χ1) is 15.8. The molecular weight excluding hydrogens is 424 g/mol. The maximum atomic E-state index is 13.0. The highest BCUT2D eigenvalue weighted by molar-refractivity contribution is 5.89. The Hall–Kier alpha value is -3.39. The van der Waals surface area contributed by atoms with Crippen LogP contribution in [-0.2, 0) is 19.1 Å². The van der Waals surface area contributed by atoms with Gasteiger partial charge in [0.2, 0.25) is 5.91 Å². The Bertz CT molecular complexity index is 999. The van der Waals surface area contributed by atoms with Crippen molar-refractivity contribution in [3.05, 3.63) is 59.7 Å². The number of hydrogen-bond acceptors (Lipinski definition) is 5. The second-order valence-electron chi connectivity index (χ2n) is 8.62. The number of nitrogens with zero attached hydrogens (tertiary/aromatic N) is 1. The van der Waals surface area contributed by atoms with E-state index >= 15 is 0 Å².